The molecule has 2 heterocycles. The van der Waals surface area contributed by atoms with Gasteiger partial charge in [-0.15, -0.1) is 0 Å². The molecule has 0 aromatic rings. The van der Waals surface area contributed by atoms with Crippen LogP contribution in [0.5, 0.6) is 0 Å². The van der Waals surface area contributed by atoms with E-state index in [2.05, 4.69) is 10.2 Å². The summed E-state index contributed by atoms with van der Waals surface area (Å²) in [4.78, 5) is 16.1. The number of amides is 2. The van der Waals surface area contributed by atoms with Crippen LogP contribution in [0.1, 0.15) is 6.42 Å². The fourth-order valence-electron chi connectivity index (χ4n) is 2.14. The standard InChI is InChI=1S/C9H16N4OS/c10-8(15)1-2-12-3-4-13-7(6-12)5-11-9(13)14/h7H,1-6H2,(H2,10,15)(H,11,14). The predicted molar refractivity (Wildman–Crippen MR) is 61.7 cm³/mol. The van der Waals surface area contributed by atoms with Gasteiger partial charge in [-0.2, -0.15) is 0 Å². The summed E-state index contributed by atoms with van der Waals surface area (Å²) in [6.45, 7) is 4.35. The molecular weight excluding hydrogens is 212 g/mol. The van der Waals surface area contributed by atoms with E-state index in [0.29, 0.717) is 11.0 Å². The van der Waals surface area contributed by atoms with Crippen molar-refractivity contribution in [3.8, 4) is 0 Å². The second-order valence-corrected chi connectivity index (χ2v) is 4.57. The smallest absolute Gasteiger partial charge is 0.317 e. The van der Waals surface area contributed by atoms with Gasteiger partial charge in [-0.05, 0) is 0 Å². The van der Waals surface area contributed by atoms with Crippen LogP contribution in [-0.2, 0) is 0 Å². The zero-order valence-electron chi connectivity index (χ0n) is 8.61. The molecule has 2 aliphatic heterocycles. The zero-order valence-corrected chi connectivity index (χ0v) is 9.42. The number of urea groups is 1. The summed E-state index contributed by atoms with van der Waals surface area (Å²) in [5.74, 6) is 0. The number of nitrogens with zero attached hydrogens (tertiary/aromatic N) is 2. The van der Waals surface area contributed by atoms with E-state index in [4.69, 9.17) is 18.0 Å². The Morgan fingerprint density at radius 2 is 2.40 bits per heavy atom. The molecule has 1 unspecified atom stereocenters. The third kappa shape index (κ3) is 2.38. The lowest BCUT2D eigenvalue weighted by atomic mass is 10.2. The highest BCUT2D eigenvalue weighted by atomic mass is 32.1. The molecule has 3 N–H and O–H groups in total. The number of thiocarbonyl (C=S) groups is 1. The molecule has 0 radical (unpaired) electrons. The van der Waals surface area contributed by atoms with Crippen molar-refractivity contribution in [1.82, 2.24) is 15.1 Å². The second-order valence-electron chi connectivity index (χ2n) is 4.05. The first-order valence-electron chi connectivity index (χ1n) is 5.22. The Morgan fingerprint density at radius 1 is 1.60 bits per heavy atom. The van der Waals surface area contributed by atoms with Gasteiger partial charge in [0.1, 0.15) is 0 Å². The molecule has 84 valence electrons. The first-order chi connectivity index (χ1) is 7.16. The van der Waals surface area contributed by atoms with Gasteiger partial charge in [-0.3, -0.25) is 4.90 Å². The minimum absolute atomic E-state index is 0.0778. The molecule has 6 heteroatoms. The van der Waals surface area contributed by atoms with Crippen LogP contribution in [0, 0.1) is 0 Å². The lowest BCUT2D eigenvalue weighted by Gasteiger charge is -2.36. The average molecular weight is 228 g/mol. The van der Waals surface area contributed by atoms with Crippen molar-refractivity contribution in [1.29, 1.82) is 0 Å². The molecule has 1 atom stereocenters. The number of carbonyl (C=O) groups is 1. The molecule has 2 saturated heterocycles. The fourth-order valence-corrected chi connectivity index (χ4v) is 2.23. The molecule has 2 rings (SSSR count). The Labute approximate surface area is 94.6 Å². The van der Waals surface area contributed by atoms with Crippen LogP contribution in [0.4, 0.5) is 4.79 Å². The first kappa shape index (κ1) is 10.6. The van der Waals surface area contributed by atoms with Gasteiger partial charge >= 0.3 is 6.03 Å². The number of piperazine rings is 1. The summed E-state index contributed by atoms with van der Waals surface area (Å²) in [5, 5.41) is 2.86. The third-order valence-electron chi connectivity index (χ3n) is 2.99. The van der Waals surface area contributed by atoms with Crippen LogP contribution in [0.3, 0.4) is 0 Å². The fraction of sp³-hybridized carbons (Fsp3) is 0.778. The molecule has 0 aromatic carbocycles. The number of hydrogen-bond donors (Lipinski definition) is 2. The molecule has 15 heavy (non-hydrogen) atoms. The van der Waals surface area contributed by atoms with Crippen LogP contribution in [0.2, 0.25) is 0 Å². The number of carbonyl (C=O) groups excluding carboxylic acids is 1. The van der Waals surface area contributed by atoms with Crippen molar-refractivity contribution < 1.29 is 4.79 Å². The van der Waals surface area contributed by atoms with Gasteiger partial charge in [-0.1, -0.05) is 12.2 Å². The quantitative estimate of drug-likeness (QED) is 0.632. The largest absolute Gasteiger partial charge is 0.393 e. The van der Waals surface area contributed by atoms with Crippen molar-refractivity contribution in [2.45, 2.75) is 12.5 Å². The molecule has 2 fully saturated rings. The van der Waals surface area contributed by atoms with Crippen LogP contribution in [-0.4, -0.2) is 59.6 Å². The zero-order chi connectivity index (χ0) is 10.8. The van der Waals surface area contributed by atoms with E-state index in [-0.39, 0.29) is 6.03 Å². The molecule has 0 bridgehead atoms. The van der Waals surface area contributed by atoms with E-state index in [1.54, 1.807) is 0 Å². The summed E-state index contributed by atoms with van der Waals surface area (Å²) in [5.41, 5.74) is 5.47. The average Bonchev–Trinajstić information content (AvgIpc) is 2.57. The molecular formula is C9H16N4OS. The van der Waals surface area contributed by atoms with E-state index in [9.17, 15) is 4.79 Å². The van der Waals surface area contributed by atoms with E-state index < -0.39 is 0 Å². The Kier molecular flexibility index (Phi) is 3.06. The Balaban J connectivity index is 1.83. The van der Waals surface area contributed by atoms with Crippen molar-refractivity contribution in [3.05, 3.63) is 0 Å². The van der Waals surface area contributed by atoms with Crippen molar-refractivity contribution in [3.63, 3.8) is 0 Å². The van der Waals surface area contributed by atoms with Crippen LogP contribution < -0.4 is 11.1 Å². The Hall–Kier alpha value is -0.880. The normalized spacial score (nSPS) is 26.3. The summed E-state index contributed by atoms with van der Waals surface area (Å²) in [6.07, 6.45) is 0.767. The molecule has 0 spiro atoms. The molecule has 2 amide bonds. The lowest BCUT2D eigenvalue weighted by Crippen LogP contribution is -2.52. The van der Waals surface area contributed by atoms with Gasteiger partial charge in [0.2, 0.25) is 0 Å². The number of nitrogens with two attached hydrogens (primary N) is 1. The van der Waals surface area contributed by atoms with Gasteiger partial charge in [0.15, 0.2) is 0 Å². The SMILES string of the molecule is NC(=S)CCN1CCN2C(=O)NCC2C1. The highest BCUT2D eigenvalue weighted by Crippen LogP contribution is 2.14. The number of fused-ring (bicyclic) bond motifs is 1. The van der Waals surface area contributed by atoms with Gasteiger partial charge in [-0.25, -0.2) is 4.79 Å². The van der Waals surface area contributed by atoms with E-state index >= 15 is 0 Å². The third-order valence-corrected chi connectivity index (χ3v) is 3.20. The van der Waals surface area contributed by atoms with Gasteiger partial charge in [0, 0.05) is 39.1 Å². The molecule has 0 aromatic heterocycles. The maximum absolute atomic E-state index is 11.3. The number of rotatable bonds is 3. The van der Waals surface area contributed by atoms with Crippen molar-refractivity contribution in [2.24, 2.45) is 5.73 Å². The second kappa shape index (κ2) is 4.32. The highest BCUT2D eigenvalue weighted by molar-refractivity contribution is 7.80. The minimum Gasteiger partial charge on any atom is -0.393 e. The van der Waals surface area contributed by atoms with Gasteiger partial charge in [0.05, 0.1) is 11.0 Å². The summed E-state index contributed by atoms with van der Waals surface area (Å²) >= 11 is 4.85. The summed E-state index contributed by atoms with van der Waals surface area (Å²) in [6, 6.07) is 0.409. The van der Waals surface area contributed by atoms with Gasteiger partial charge in [0.25, 0.3) is 0 Å². The molecule has 0 aliphatic carbocycles. The van der Waals surface area contributed by atoms with E-state index in [1.165, 1.54) is 0 Å². The molecule has 2 aliphatic rings. The Bertz CT molecular complexity index is 283. The monoisotopic (exact) mass is 228 g/mol. The van der Waals surface area contributed by atoms with Crippen LogP contribution in [0.25, 0.3) is 0 Å². The predicted octanol–water partition coefficient (Wildman–Crippen LogP) is -0.628. The molecule has 0 saturated carbocycles. The lowest BCUT2D eigenvalue weighted by molar-refractivity contribution is 0.123. The highest BCUT2D eigenvalue weighted by Gasteiger charge is 2.34. The van der Waals surface area contributed by atoms with Gasteiger partial charge < -0.3 is 16.0 Å². The number of hydrogen-bond acceptors (Lipinski definition) is 3. The molecule has 5 nitrogen and oxygen atoms in total. The maximum atomic E-state index is 11.3. The van der Waals surface area contributed by atoms with Crippen LogP contribution >= 0.6 is 12.2 Å². The topological polar surface area (TPSA) is 61.6 Å². The minimum atomic E-state index is 0.0778. The number of nitrogens with one attached hydrogen (secondary N) is 1. The first-order valence-corrected chi connectivity index (χ1v) is 5.63. The summed E-state index contributed by atoms with van der Waals surface area (Å²) in [7, 11) is 0. The van der Waals surface area contributed by atoms with Crippen molar-refractivity contribution >= 4 is 23.2 Å². The van der Waals surface area contributed by atoms with E-state index in [1.807, 2.05) is 4.90 Å². The summed E-state index contributed by atoms with van der Waals surface area (Å²) < 4.78 is 0. The van der Waals surface area contributed by atoms with Crippen LogP contribution in [0.15, 0.2) is 0 Å². The Morgan fingerprint density at radius 3 is 3.13 bits per heavy atom. The van der Waals surface area contributed by atoms with E-state index in [0.717, 1.165) is 39.1 Å². The van der Waals surface area contributed by atoms with Crippen molar-refractivity contribution in [2.75, 3.05) is 32.7 Å². The maximum Gasteiger partial charge on any atom is 0.317 e.